The van der Waals surface area contributed by atoms with Crippen molar-refractivity contribution in [3.05, 3.63) is 41.7 Å². The normalized spacial score (nSPS) is 11.2. The van der Waals surface area contributed by atoms with Crippen molar-refractivity contribution in [2.75, 3.05) is 0 Å². The quantitative estimate of drug-likeness (QED) is 0.566. The average Bonchev–Trinajstić information content (AvgIpc) is 3.15. The third kappa shape index (κ3) is 1.64. The van der Waals surface area contributed by atoms with E-state index in [-0.39, 0.29) is 0 Å². The fourth-order valence-corrected chi connectivity index (χ4v) is 2.83. The van der Waals surface area contributed by atoms with Gasteiger partial charge in [-0.2, -0.15) is 4.98 Å². The first kappa shape index (κ1) is 11.3. The number of aromatic nitrogens is 5. The van der Waals surface area contributed by atoms with E-state index in [0.29, 0.717) is 17.4 Å². The van der Waals surface area contributed by atoms with Crippen LogP contribution in [-0.4, -0.2) is 24.5 Å². The molecule has 0 fully saturated rings. The van der Waals surface area contributed by atoms with Crippen molar-refractivity contribution in [1.82, 2.24) is 24.5 Å². The molecule has 0 radical (unpaired) electrons. The van der Waals surface area contributed by atoms with Gasteiger partial charge in [-0.1, -0.05) is 11.2 Å². The molecule has 4 heterocycles. The maximum atomic E-state index is 5.36. The fourth-order valence-electron chi connectivity index (χ4n) is 2.07. The minimum Gasteiger partial charge on any atom is -0.332 e. The van der Waals surface area contributed by atoms with Gasteiger partial charge < -0.3 is 4.52 Å². The highest BCUT2D eigenvalue weighted by Gasteiger charge is 2.18. The predicted molar refractivity (Wildman–Crippen MR) is 74.3 cm³/mol. The first-order valence-electron chi connectivity index (χ1n) is 6.00. The van der Waals surface area contributed by atoms with Crippen LogP contribution in [0.4, 0.5) is 0 Å². The second kappa shape index (κ2) is 4.24. The van der Waals surface area contributed by atoms with Crippen LogP contribution < -0.4 is 0 Å². The van der Waals surface area contributed by atoms with Gasteiger partial charge in [-0.15, -0.1) is 11.3 Å². The van der Waals surface area contributed by atoms with Gasteiger partial charge in [0.05, 0.1) is 5.69 Å². The highest BCUT2D eigenvalue weighted by atomic mass is 32.1. The van der Waals surface area contributed by atoms with E-state index in [1.54, 1.807) is 17.5 Å². The second-order valence-electron chi connectivity index (χ2n) is 4.24. The number of thiazole rings is 1. The number of nitrogens with zero attached hydrogens (tertiary/aromatic N) is 5. The summed E-state index contributed by atoms with van der Waals surface area (Å²) in [7, 11) is 0. The van der Waals surface area contributed by atoms with E-state index in [4.69, 9.17) is 4.52 Å². The van der Waals surface area contributed by atoms with Gasteiger partial charge >= 0.3 is 0 Å². The molecule has 6 nitrogen and oxygen atoms in total. The van der Waals surface area contributed by atoms with E-state index in [1.165, 1.54) is 0 Å². The Kier molecular flexibility index (Phi) is 2.40. The zero-order chi connectivity index (χ0) is 13.5. The molecule has 0 aromatic carbocycles. The van der Waals surface area contributed by atoms with Crippen molar-refractivity contribution in [2.45, 2.75) is 6.92 Å². The van der Waals surface area contributed by atoms with Gasteiger partial charge in [0.25, 0.3) is 5.89 Å². The monoisotopic (exact) mass is 283 g/mol. The lowest BCUT2D eigenvalue weighted by atomic mass is 10.3. The Morgan fingerprint density at radius 2 is 2.20 bits per heavy atom. The van der Waals surface area contributed by atoms with Crippen molar-refractivity contribution in [1.29, 1.82) is 0 Å². The van der Waals surface area contributed by atoms with Crippen LogP contribution in [0.25, 0.3) is 28.1 Å². The molecule has 0 aliphatic heterocycles. The van der Waals surface area contributed by atoms with Gasteiger partial charge in [-0.25, -0.2) is 4.98 Å². The number of hydrogen-bond donors (Lipinski definition) is 0. The van der Waals surface area contributed by atoms with E-state index in [2.05, 4.69) is 20.1 Å². The molecule has 20 heavy (non-hydrogen) atoms. The van der Waals surface area contributed by atoms with Gasteiger partial charge in [0.1, 0.15) is 11.4 Å². The van der Waals surface area contributed by atoms with Crippen LogP contribution >= 0.6 is 11.3 Å². The van der Waals surface area contributed by atoms with E-state index in [0.717, 1.165) is 16.3 Å². The van der Waals surface area contributed by atoms with E-state index >= 15 is 0 Å². The minimum absolute atomic E-state index is 0.453. The molecule has 0 unspecified atom stereocenters. The SMILES string of the molecule is Cc1nc2sccn2c1-c1nc(-c2ccccn2)no1. The van der Waals surface area contributed by atoms with E-state index < -0.39 is 0 Å². The molecule has 0 spiro atoms. The summed E-state index contributed by atoms with van der Waals surface area (Å²) in [5, 5.41) is 5.96. The van der Waals surface area contributed by atoms with E-state index in [1.807, 2.05) is 41.1 Å². The average molecular weight is 283 g/mol. The molecule has 4 rings (SSSR count). The lowest BCUT2D eigenvalue weighted by Gasteiger charge is -1.92. The summed E-state index contributed by atoms with van der Waals surface area (Å²) in [6.07, 6.45) is 3.65. The number of pyridine rings is 1. The smallest absolute Gasteiger partial charge is 0.277 e. The van der Waals surface area contributed by atoms with Gasteiger partial charge in [0.15, 0.2) is 4.96 Å². The second-order valence-corrected chi connectivity index (χ2v) is 5.11. The summed E-state index contributed by atoms with van der Waals surface area (Å²) in [5.41, 5.74) is 2.38. The number of aryl methyl sites for hydroxylation is 1. The molecule has 0 saturated carbocycles. The van der Waals surface area contributed by atoms with Crippen LogP contribution in [-0.2, 0) is 0 Å². The van der Waals surface area contributed by atoms with Gasteiger partial charge in [0.2, 0.25) is 5.82 Å². The van der Waals surface area contributed by atoms with Gasteiger partial charge in [0, 0.05) is 17.8 Å². The van der Waals surface area contributed by atoms with Crippen molar-refractivity contribution in [3.63, 3.8) is 0 Å². The van der Waals surface area contributed by atoms with Crippen LogP contribution in [0, 0.1) is 6.92 Å². The highest BCUT2D eigenvalue weighted by Crippen LogP contribution is 2.27. The Balaban J connectivity index is 1.86. The first-order valence-corrected chi connectivity index (χ1v) is 6.88. The number of rotatable bonds is 2. The summed E-state index contributed by atoms with van der Waals surface area (Å²) >= 11 is 1.57. The summed E-state index contributed by atoms with van der Waals surface area (Å²) in [5.74, 6) is 0.930. The summed E-state index contributed by atoms with van der Waals surface area (Å²) in [4.78, 5) is 14.0. The van der Waals surface area contributed by atoms with Crippen molar-refractivity contribution in [3.8, 4) is 23.1 Å². The molecule has 0 amide bonds. The number of hydrogen-bond acceptors (Lipinski definition) is 6. The molecular formula is C13H9N5OS. The topological polar surface area (TPSA) is 69.1 Å². The zero-order valence-electron chi connectivity index (χ0n) is 10.5. The molecule has 7 heteroatoms. The summed E-state index contributed by atoms with van der Waals surface area (Å²) in [6.45, 7) is 1.93. The molecule has 0 saturated heterocycles. The minimum atomic E-state index is 0.453. The van der Waals surface area contributed by atoms with E-state index in [9.17, 15) is 0 Å². The lowest BCUT2D eigenvalue weighted by molar-refractivity contribution is 0.430. The Hall–Kier alpha value is -2.54. The molecule has 0 bridgehead atoms. The Morgan fingerprint density at radius 1 is 1.25 bits per heavy atom. The Morgan fingerprint density at radius 3 is 3.05 bits per heavy atom. The third-order valence-electron chi connectivity index (χ3n) is 2.96. The predicted octanol–water partition coefficient (Wildman–Crippen LogP) is 2.82. The van der Waals surface area contributed by atoms with Crippen LogP contribution in [0.1, 0.15) is 5.69 Å². The summed E-state index contributed by atoms with van der Waals surface area (Å²) in [6, 6.07) is 5.58. The number of fused-ring (bicyclic) bond motifs is 1. The molecule has 4 aromatic heterocycles. The van der Waals surface area contributed by atoms with Crippen LogP contribution in [0.3, 0.4) is 0 Å². The Labute approximate surface area is 117 Å². The molecule has 4 aromatic rings. The zero-order valence-corrected chi connectivity index (χ0v) is 11.3. The Bertz CT molecular complexity index is 877. The first-order chi connectivity index (χ1) is 9.83. The molecule has 0 aliphatic rings. The highest BCUT2D eigenvalue weighted by molar-refractivity contribution is 7.15. The third-order valence-corrected chi connectivity index (χ3v) is 3.72. The van der Waals surface area contributed by atoms with Crippen molar-refractivity contribution >= 4 is 16.3 Å². The van der Waals surface area contributed by atoms with Crippen LogP contribution in [0.2, 0.25) is 0 Å². The maximum absolute atomic E-state index is 5.36. The lowest BCUT2D eigenvalue weighted by Crippen LogP contribution is -1.87. The largest absolute Gasteiger partial charge is 0.332 e. The molecule has 0 aliphatic carbocycles. The van der Waals surface area contributed by atoms with Gasteiger partial charge in [-0.05, 0) is 19.1 Å². The van der Waals surface area contributed by atoms with Crippen molar-refractivity contribution < 1.29 is 4.52 Å². The number of imidazole rings is 1. The maximum Gasteiger partial charge on any atom is 0.277 e. The van der Waals surface area contributed by atoms with Crippen molar-refractivity contribution in [2.24, 2.45) is 0 Å². The van der Waals surface area contributed by atoms with Crippen LogP contribution in [0.15, 0.2) is 40.5 Å². The molecule has 0 N–H and O–H groups in total. The molecule has 0 atom stereocenters. The molecular weight excluding hydrogens is 274 g/mol. The van der Waals surface area contributed by atoms with Gasteiger partial charge in [-0.3, -0.25) is 9.38 Å². The molecule has 98 valence electrons. The fraction of sp³-hybridized carbons (Fsp3) is 0.0769. The standard InChI is InChI=1S/C13H9N5OS/c1-8-10(18-6-7-20-13(18)15-8)12-16-11(17-19-12)9-4-2-3-5-14-9/h2-7H,1H3. The summed E-state index contributed by atoms with van der Waals surface area (Å²) < 4.78 is 7.32. The van der Waals surface area contributed by atoms with Crippen LogP contribution in [0.5, 0.6) is 0 Å².